The minimum absolute atomic E-state index is 1.00. The van der Waals surface area contributed by atoms with Crippen LogP contribution in [-0.2, 0) is 6.42 Å². The molecule has 76 valence electrons. The van der Waals surface area contributed by atoms with Crippen molar-refractivity contribution in [2.45, 2.75) is 6.42 Å². The van der Waals surface area contributed by atoms with Gasteiger partial charge in [0.05, 0.1) is 0 Å². The normalized spacial score (nSPS) is 9.93. The van der Waals surface area contributed by atoms with Crippen LogP contribution in [0.5, 0.6) is 0 Å². The molecule has 0 atom stereocenters. The van der Waals surface area contributed by atoms with Gasteiger partial charge in [0.15, 0.2) is 0 Å². The van der Waals surface area contributed by atoms with E-state index in [4.69, 9.17) is 0 Å². The van der Waals surface area contributed by atoms with Crippen LogP contribution < -0.4 is 5.32 Å². The van der Waals surface area contributed by atoms with Gasteiger partial charge in [0.2, 0.25) is 0 Å². The molecule has 0 aliphatic carbocycles. The molecule has 0 heterocycles. The van der Waals surface area contributed by atoms with Gasteiger partial charge in [0.25, 0.3) is 0 Å². The van der Waals surface area contributed by atoms with Crippen molar-refractivity contribution in [3.63, 3.8) is 0 Å². The first-order chi connectivity index (χ1) is 7.38. The Hall–Kier alpha value is -1.76. The first-order valence-electron chi connectivity index (χ1n) is 5.19. The molecule has 0 aromatic heterocycles. The van der Waals surface area contributed by atoms with Crippen LogP contribution in [0.2, 0.25) is 0 Å². The van der Waals surface area contributed by atoms with Gasteiger partial charge in [-0.1, -0.05) is 42.5 Å². The minimum Gasteiger partial charge on any atom is -0.388 e. The summed E-state index contributed by atoms with van der Waals surface area (Å²) in [7, 11) is 1.94. The van der Waals surface area contributed by atoms with Crippen LogP contribution in [0.1, 0.15) is 11.1 Å². The Labute approximate surface area is 90.8 Å². The van der Waals surface area contributed by atoms with Crippen molar-refractivity contribution in [1.82, 2.24) is 0 Å². The largest absolute Gasteiger partial charge is 0.388 e. The molecule has 0 aliphatic heterocycles. The van der Waals surface area contributed by atoms with Crippen LogP contribution in [0.15, 0.2) is 54.6 Å². The van der Waals surface area contributed by atoms with Gasteiger partial charge in [-0.05, 0) is 29.7 Å². The van der Waals surface area contributed by atoms with E-state index in [-0.39, 0.29) is 0 Å². The van der Waals surface area contributed by atoms with Crippen LogP contribution in [0.4, 0.5) is 5.69 Å². The summed E-state index contributed by atoms with van der Waals surface area (Å²) in [5.74, 6) is 0. The van der Waals surface area contributed by atoms with Gasteiger partial charge in [-0.3, -0.25) is 0 Å². The van der Waals surface area contributed by atoms with Gasteiger partial charge in [0.1, 0.15) is 0 Å². The van der Waals surface area contributed by atoms with Gasteiger partial charge in [-0.25, -0.2) is 0 Å². The lowest BCUT2D eigenvalue weighted by molar-refractivity contribution is 1.19. The molecule has 0 aliphatic rings. The second-order valence-electron chi connectivity index (χ2n) is 3.61. The minimum atomic E-state index is 1.00. The van der Waals surface area contributed by atoms with Crippen LogP contribution in [0, 0.1) is 0 Å². The Morgan fingerprint density at radius 2 is 1.40 bits per heavy atom. The zero-order valence-electron chi connectivity index (χ0n) is 8.90. The number of nitrogens with one attached hydrogen (secondary N) is 1. The summed E-state index contributed by atoms with van der Waals surface area (Å²) in [6.45, 7) is 0. The van der Waals surface area contributed by atoms with Crippen molar-refractivity contribution in [2.24, 2.45) is 0 Å². The van der Waals surface area contributed by atoms with Crippen molar-refractivity contribution < 1.29 is 0 Å². The Bertz CT molecular complexity index is 403. The van der Waals surface area contributed by atoms with E-state index in [1.54, 1.807) is 0 Å². The molecule has 0 spiro atoms. The summed E-state index contributed by atoms with van der Waals surface area (Å²) in [6.07, 6.45) is 1.00. The summed E-state index contributed by atoms with van der Waals surface area (Å²) in [5.41, 5.74) is 3.86. The highest BCUT2D eigenvalue weighted by Gasteiger charge is 1.95. The molecule has 0 saturated carbocycles. The van der Waals surface area contributed by atoms with Crippen LogP contribution >= 0.6 is 0 Å². The van der Waals surface area contributed by atoms with Crippen molar-refractivity contribution in [3.8, 4) is 0 Å². The van der Waals surface area contributed by atoms with E-state index in [9.17, 15) is 0 Å². The fraction of sp³-hybridized carbons (Fsp3) is 0.143. The Kier molecular flexibility index (Phi) is 3.03. The second kappa shape index (κ2) is 4.65. The highest BCUT2D eigenvalue weighted by Crippen LogP contribution is 2.12. The summed E-state index contributed by atoms with van der Waals surface area (Å²) in [5, 5.41) is 3.12. The maximum absolute atomic E-state index is 3.12. The summed E-state index contributed by atoms with van der Waals surface area (Å²) >= 11 is 0. The molecular weight excluding hydrogens is 182 g/mol. The number of hydrogen-bond donors (Lipinski definition) is 1. The van der Waals surface area contributed by atoms with Crippen molar-refractivity contribution in [1.29, 1.82) is 0 Å². The van der Waals surface area contributed by atoms with Crippen LogP contribution in [-0.4, -0.2) is 7.05 Å². The van der Waals surface area contributed by atoms with E-state index in [0.29, 0.717) is 0 Å². The third-order valence-electron chi connectivity index (χ3n) is 2.49. The SMILES string of the molecule is CNc1ccc(Cc2ccccc2)cc1. The van der Waals surface area contributed by atoms with Crippen LogP contribution in [0.3, 0.4) is 0 Å². The second-order valence-corrected chi connectivity index (χ2v) is 3.61. The van der Waals surface area contributed by atoms with E-state index < -0.39 is 0 Å². The molecule has 15 heavy (non-hydrogen) atoms. The molecule has 1 nitrogen and oxygen atoms in total. The third-order valence-corrected chi connectivity index (χ3v) is 2.49. The average Bonchev–Trinajstić information content (AvgIpc) is 2.31. The molecule has 0 fully saturated rings. The first kappa shape index (κ1) is 9.78. The summed E-state index contributed by atoms with van der Waals surface area (Å²) < 4.78 is 0. The maximum Gasteiger partial charge on any atom is 0.0337 e. The Morgan fingerprint density at radius 3 is 2.00 bits per heavy atom. The molecule has 0 unspecified atom stereocenters. The van der Waals surface area contributed by atoms with E-state index in [2.05, 4.69) is 53.8 Å². The number of benzene rings is 2. The molecule has 2 aromatic carbocycles. The molecule has 1 heteroatoms. The molecule has 1 N–H and O–H groups in total. The van der Waals surface area contributed by atoms with Gasteiger partial charge in [0, 0.05) is 12.7 Å². The smallest absolute Gasteiger partial charge is 0.0337 e. The number of rotatable bonds is 3. The molecule has 0 bridgehead atoms. The lowest BCUT2D eigenvalue weighted by Crippen LogP contribution is -1.90. The number of anilines is 1. The van der Waals surface area contributed by atoms with Gasteiger partial charge < -0.3 is 5.32 Å². The van der Waals surface area contributed by atoms with E-state index in [1.165, 1.54) is 11.1 Å². The number of hydrogen-bond acceptors (Lipinski definition) is 1. The van der Waals surface area contributed by atoms with Crippen molar-refractivity contribution in [3.05, 3.63) is 65.7 Å². The lowest BCUT2D eigenvalue weighted by atomic mass is 10.1. The van der Waals surface area contributed by atoms with Crippen molar-refractivity contribution in [2.75, 3.05) is 12.4 Å². The fourth-order valence-corrected chi connectivity index (χ4v) is 1.62. The summed E-state index contributed by atoms with van der Waals surface area (Å²) in [4.78, 5) is 0. The van der Waals surface area contributed by atoms with E-state index in [1.807, 2.05) is 13.1 Å². The maximum atomic E-state index is 3.12. The van der Waals surface area contributed by atoms with Crippen molar-refractivity contribution >= 4 is 5.69 Å². The molecule has 0 saturated heterocycles. The highest BCUT2D eigenvalue weighted by molar-refractivity contribution is 5.44. The van der Waals surface area contributed by atoms with E-state index >= 15 is 0 Å². The van der Waals surface area contributed by atoms with Crippen LogP contribution in [0.25, 0.3) is 0 Å². The zero-order valence-corrected chi connectivity index (χ0v) is 8.90. The molecule has 2 aromatic rings. The summed E-state index contributed by atoms with van der Waals surface area (Å²) in [6, 6.07) is 19.1. The Morgan fingerprint density at radius 1 is 0.800 bits per heavy atom. The first-order valence-corrected chi connectivity index (χ1v) is 5.19. The van der Waals surface area contributed by atoms with E-state index in [0.717, 1.165) is 12.1 Å². The van der Waals surface area contributed by atoms with Gasteiger partial charge in [-0.15, -0.1) is 0 Å². The predicted molar refractivity (Wildman–Crippen MR) is 65.2 cm³/mol. The van der Waals surface area contributed by atoms with Gasteiger partial charge in [-0.2, -0.15) is 0 Å². The molecular formula is C14H15N. The standard InChI is InChI=1S/C14H15N/c1-15-14-9-7-13(8-10-14)11-12-5-3-2-4-6-12/h2-10,15H,11H2,1H3. The molecule has 0 radical (unpaired) electrons. The highest BCUT2D eigenvalue weighted by atomic mass is 14.8. The molecule has 0 amide bonds. The lowest BCUT2D eigenvalue weighted by Gasteiger charge is -2.03. The zero-order chi connectivity index (χ0) is 10.5. The quantitative estimate of drug-likeness (QED) is 0.796. The monoisotopic (exact) mass is 197 g/mol. The topological polar surface area (TPSA) is 12.0 Å². The Balaban J connectivity index is 2.11. The van der Waals surface area contributed by atoms with Gasteiger partial charge >= 0.3 is 0 Å². The predicted octanol–water partition coefficient (Wildman–Crippen LogP) is 3.32. The average molecular weight is 197 g/mol. The fourth-order valence-electron chi connectivity index (χ4n) is 1.62. The molecule has 2 rings (SSSR count). The third kappa shape index (κ3) is 2.59.